The summed E-state index contributed by atoms with van der Waals surface area (Å²) >= 11 is 8.18. The molecule has 0 saturated heterocycles. The number of aromatic nitrogens is 1. The minimum Gasteiger partial charge on any atom is -0.367 e. The summed E-state index contributed by atoms with van der Waals surface area (Å²) in [5.74, 6) is 0.0246. The van der Waals surface area contributed by atoms with E-state index in [0.717, 1.165) is 39.7 Å². The number of hydrogen-bond donors (Lipinski definition) is 2. The van der Waals surface area contributed by atoms with Gasteiger partial charge in [0.25, 0.3) is 5.91 Å². The molecule has 1 saturated carbocycles. The highest BCUT2D eigenvalue weighted by molar-refractivity contribution is 8.02. The molecule has 1 aliphatic carbocycles. The maximum Gasteiger partial charge on any atom is 0.253 e. The number of thioether (sulfide) groups is 1. The molecule has 0 bridgehead atoms. The van der Waals surface area contributed by atoms with Gasteiger partial charge >= 0.3 is 0 Å². The lowest BCUT2D eigenvalue weighted by molar-refractivity contribution is 0.0938. The summed E-state index contributed by atoms with van der Waals surface area (Å²) in [6, 6.07) is 10.7. The zero-order valence-corrected chi connectivity index (χ0v) is 20.2. The van der Waals surface area contributed by atoms with Crippen LogP contribution < -0.4 is 10.6 Å². The average molecular weight is 458 g/mol. The third-order valence-electron chi connectivity index (χ3n) is 6.54. The van der Waals surface area contributed by atoms with Crippen LogP contribution in [0.3, 0.4) is 0 Å². The Hall–Kier alpha value is -1.85. The minimum atomic E-state index is 0.0246. The Morgan fingerprint density at radius 1 is 1.29 bits per heavy atom. The first-order valence-corrected chi connectivity index (χ1v) is 12.7. The highest BCUT2D eigenvalue weighted by atomic mass is 35.5. The van der Waals surface area contributed by atoms with E-state index in [2.05, 4.69) is 53.5 Å². The Morgan fingerprint density at radius 3 is 2.74 bits per heavy atom. The van der Waals surface area contributed by atoms with E-state index in [0.29, 0.717) is 6.04 Å². The van der Waals surface area contributed by atoms with Crippen molar-refractivity contribution in [3.8, 4) is 0 Å². The van der Waals surface area contributed by atoms with Crippen molar-refractivity contribution in [2.24, 2.45) is 0 Å². The molecule has 1 aromatic carbocycles. The summed E-state index contributed by atoms with van der Waals surface area (Å²) in [4.78, 5) is 13.0. The van der Waals surface area contributed by atoms with Crippen LogP contribution in [0.2, 0.25) is 5.02 Å². The van der Waals surface area contributed by atoms with Gasteiger partial charge in [-0.25, -0.2) is 0 Å². The summed E-state index contributed by atoms with van der Waals surface area (Å²) in [6.07, 6.45) is 7.06. The van der Waals surface area contributed by atoms with Gasteiger partial charge in [-0.3, -0.25) is 4.79 Å². The van der Waals surface area contributed by atoms with Gasteiger partial charge in [0.15, 0.2) is 0 Å². The van der Waals surface area contributed by atoms with Crippen molar-refractivity contribution in [2.45, 2.75) is 76.8 Å². The number of halogens is 1. The predicted octanol–water partition coefficient (Wildman–Crippen LogP) is 6.82. The lowest BCUT2D eigenvalue weighted by Gasteiger charge is -2.28. The smallest absolute Gasteiger partial charge is 0.253 e. The minimum absolute atomic E-state index is 0.0246. The molecule has 2 aliphatic rings. The van der Waals surface area contributed by atoms with Crippen LogP contribution in [0.5, 0.6) is 0 Å². The number of benzene rings is 1. The largest absolute Gasteiger partial charge is 0.367 e. The van der Waals surface area contributed by atoms with Crippen LogP contribution in [-0.4, -0.2) is 16.5 Å². The topological polar surface area (TPSA) is 46.1 Å². The second kappa shape index (κ2) is 9.74. The van der Waals surface area contributed by atoms with Gasteiger partial charge in [-0.15, -0.1) is 11.8 Å². The van der Waals surface area contributed by atoms with Crippen LogP contribution in [0.25, 0.3) is 5.70 Å². The molecule has 0 spiro atoms. The van der Waals surface area contributed by atoms with Gasteiger partial charge < -0.3 is 15.2 Å². The molecule has 4 nitrogen and oxygen atoms in total. The zero-order chi connectivity index (χ0) is 22.0. The Morgan fingerprint density at radius 2 is 2.03 bits per heavy atom. The molecule has 1 amide bonds. The number of carbonyl (C=O) groups is 1. The summed E-state index contributed by atoms with van der Waals surface area (Å²) in [6.45, 7) is 6.24. The third kappa shape index (κ3) is 4.68. The standard InChI is InChI=1S/C25H32ClN3OS/c1-4-16(2)27-24(30)20-14-23(29(17(20)3)18-10-6-5-7-11-18)22-15-31-25(28-22)19-12-8-9-13-21(19)26/h8-9,12-16,18,25,28H,4-7,10-11H2,1-3H3,(H,27,30). The van der Waals surface area contributed by atoms with Crippen molar-refractivity contribution in [2.75, 3.05) is 0 Å². The Labute approximate surface area is 194 Å². The number of hydrogen-bond acceptors (Lipinski definition) is 3. The third-order valence-corrected chi connectivity index (χ3v) is 7.90. The first-order chi connectivity index (χ1) is 15.0. The van der Waals surface area contributed by atoms with Crippen LogP contribution in [0.15, 0.2) is 35.7 Å². The van der Waals surface area contributed by atoms with Crippen LogP contribution >= 0.6 is 23.4 Å². The Bertz CT molecular complexity index is 977. The fourth-order valence-electron chi connectivity index (χ4n) is 4.59. The lowest BCUT2D eigenvalue weighted by Crippen LogP contribution is -2.32. The molecule has 2 heterocycles. The predicted molar refractivity (Wildman–Crippen MR) is 131 cm³/mol. The van der Waals surface area contributed by atoms with E-state index in [1.165, 1.54) is 32.1 Å². The molecule has 0 radical (unpaired) electrons. The number of nitrogens with zero attached hydrogens (tertiary/aromatic N) is 1. The van der Waals surface area contributed by atoms with Crippen LogP contribution in [0.4, 0.5) is 0 Å². The van der Waals surface area contributed by atoms with E-state index in [9.17, 15) is 4.79 Å². The van der Waals surface area contributed by atoms with Crippen LogP contribution in [0, 0.1) is 6.92 Å². The van der Waals surface area contributed by atoms with Gasteiger partial charge in [-0.05, 0) is 50.7 Å². The quantitative estimate of drug-likeness (QED) is 0.500. The van der Waals surface area contributed by atoms with Gasteiger partial charge in [-0.1, -0.05) is 56.0 Å². The van der Waals surface area contributed by atoms with Crippen molar-refractivity contribution < 1.29 is 4.79 Å². The van der Waals surface area contributed by atoms with Gasteiger partial charge in [0.05, 0.1) is 17.0 Å². The van der Waals surface area contributed by atoms with Crippen molar-refractivity contribution in [3.63, 3.8) is 0 Å². The fraction of sp³-hybridized carbons (Fsp3) is 0.480. The monoisotopic (exact) mass is 457 g/mol. The number of nitrogens with one attached hydrogen (secondary N) is 2. The van der Waals surface area contributed by atoms with Crippen molar-refractivity contribution in [1.29, 1.82) is 0 Å². The van der Waals surface area contributed by atoms with Crippen LogP contribution in [-0.2, 0) is 0 Å². The Kier molecular flexibility index (Phi) is 7.02. The van der Waals surface area contributed by atoms with Crippen LogP contribution in [0.1, 0.15) is 91.1 Å². The maximum atomic E-state index is 13.0. The summed E-state index contributed by atoms with van der Waals surface area (Å²) < 4.78 is 2.42. The molecule has 2 aromatic rings. The van der Waals surface area contributed by atoms with Crippen molar-refractivity contribution >= 4 is 35.0 Å². The van der Waals surface area contributed by atoms with E-state index < -0.39 is 0 Å². The molecule has 2 N–H and O–H groups in total. The normalized spacial score (nSPS) is 20.3. The average Bonchev–Trinajstić information content (AvgIpc) is 3.39. The maximum absolute atomic E-state index is 13.0. The number of carbonyl (C=O) groups excluding carboxylic acids is 1. The molecule has 2 unspecified atom stereocenters. The van der Waals surface area contributed by atoms with Gasteiger partial charge in [0.2, 0.25) is 0 Å². The molecule has 4 rings (SSSR count). The van der Waals surface area contributed by atoms with Gasteiger partial charge in [0, 0.05) is 28.4 Å². The Balaban J connectivity index is 1.66. The molecule has 6 heteroatoms. The van der Waals surface area contributed by atoms with Gasteiger partial charge in [-0.2, -0.15) is 0 Å². The lowest BCUT2D eigenvalue weighted by atomic mass is 9.95. The second-order valence-electron chi connectivity index (χ2n) is 8.69. The molecule has 1 aliphatic heterocycles. The van der Waals surface area contributed by atoms with Crippen molar-refractivity contribution in [3.05, 3.63) is 63.3 Å². The zero-order valence-electron chi connectivity index (χ0n) is 18.6. The van der Waals surface area contributed by atoms with E-state index in [1.807, 2.05) is 18.2 Å². The fourth-order valence-corrected chi connectivity index (χ4v) is 5.91. The number of rotatable bonds is 6. The molecular weight excluding hydrogens is 426 g/mol. The van der Waals surface area contributed by atoms with E-state index in [4.69, 9.17) is 11.6 Å². The summed E-state index contributed by atoms with van der Waals surface area (Å²) in [5.41, 5.74) is 5.13. The SMILES string of the molecule is CCC(C)NC(=O)c1cc(C2=CSC(c3ccccc3Cl)N2)n(C2CCCCC2)c1C. The number of amides is 1. The highest BCUT2D eigenvalue weighted by Gasteiger charge is 2.29. The summed E-state index contributed by atoms with van der Waals surface area (Å²) in [5, 5.41) is 9.84. The van der Waals surface area contributed by atoms with E-state index >= 15 is 0 Å². The molecule has 166 valence electrons. The molecule has 1 fully saturated rings. The highest BCUT2D eigenvalue weighted by Crippen LogP contribution is 2.42. The van der Waals surface area contributed by atoms with Crippen molar-refractivity contribution in [1.82, 2.24) is 15.2 Å². The summed E-state index contributed by atoms with van der Waals surface area (Å²) in [7, 11) is 0. The molecule has 1 aromatic heterocycles. The molecule has 2 atom stereocenters. The first-order valence-electron chi connectivity index (χ1n) is 11.4. The first kappa shape index (κ1) is 22.3. The second-order valence-corrected chi connectivity index (χ2v) is 10.1. The molecule has 31 heavy (non-hydrogen) atoms. The van der Waals surface area contributed by atoms with Gasteiger partial charge in [0.1, 0.15) is 5.37 Å². The van der Waals surface area contributed by atoms with E-state index in [1.54, 1.807) is 11.8 Å². The van der Waals surface area contributed by atoms with E-state index in [-0.39, 0.29) is 17.3 Å². The molecular formula is C25H32ClN3OS.